The van der Waals surface area contributed by atoms with Gasteiger partial charge in [0.25, 0.3) is 0 Å². The van der Waals surface area contributed by atoms with E-state index in [-0.39, 0.29) is 17.6 Å². The Morgan fingerprint density at radius 2 is 1.96 bits per heavy atom. The molecule has 0 saturated carbocycles. The van der Waals surface area contributed by atoms with E-state index in [1.165, 1.54) is 12.1 Å². The van der Waals surface area contributed by atoms with Crippen molar-refractivity contribution >= 4 is 39.2 Å². The molecule has 0 aliphatic carbocycles. The summed E-state index contributed by atoms with van der Waals surface area (Å²) in [5.74, 6) is -0.126. The Morgan fingerprint density at radius 1 is 1.30 bits per heavy atom. The third-order valence-corrected chi connectivity index (χ3v) is 4.21. The molecule has 0 radical (unpaired) electrons. The van der Waals surface area contributed by atoms with E-state index in [1.807, 2.05) is 0 Å². The number of nitrogens with one attached hydrogen (secondary N) is 3. The topological polar surface area (TPSA) is 82.6 Å². The van der Waals surface area contributed by atoms with Crippen LogP contribution < -0.4 is 15.4 Å². The lowest BCUT2D eigenvalue weighted by Gasteiger charge is -2.19. The van der Waals surface area contributed by atoms with Crippen LogP contribution >= 0.6 is 23.2 Å². The van der Waals surface area contributed by atoms with Crippen molar-refractivity contribution in [2.75, 3.05) is 26.4 Å². The zero-order valence-corrected chi connectivity index (χ0v) is 15.3. The number of aliphatic imine (C=N–C) groups is 1. The molecule has 1 unspecified atom stereocenters. The molecule has 3 N–H and O–H groups in total. The first-order valence-electron chi connectivity index (χ1n) is 6.70. The number of hydrogen-bond donors (Lipinski definition) is 3. The molecular weight excluding hydrogens is 366 g/mol. The van der Waals surface area contributed by atoms with Crippen molar-refractivity contribution in [1.82, 2.24) is 15.4 Å². The summed E-state index contributed by atoms with van der Waals surface area (Å²) in [6.45, 7) is 2.34. The fourth-order valence-corrected chi connectivity index (χ4v) is 2.78. The van der Waals surface area contributed by atoms with Crippen LogP contribution in [0.3, 0.4) is 0 Å². The second kappa shape index (κ2) is 8.68. The van der Waals surface area contributed by atoms with Gasteiger partial charge in [-0.05, 0) is 24.6 Å². The van der Waals surface area contributed by atoms with Gasteiger partial charge >= 0.3 is 0 Å². The molecule has 130 valence electrons. The minimum absolute atomic E-state index is 0.0414. The van der Waals surface area contributed by atoms with Gasteiger partial charge in [0.15, 0.2) is 5.96 Å². The molecule has 0 fully saturated rings. The van der Waals surface area contributed by atoms with Crippen molar-refractivity contribution in [2.24, 2.45) is 4.99 Å². The van der Waals surface area contributed by atoms with Crippen LogP contribution in [0.25, 0.3) is 0 Å². The normalized spacial score (nSPS) is 13.7. The SMILES string of the molecule is CN=C(NCCNS(C)(=O)=O)NC(C)c1cc(F)c(Cl)cc1Cl. The van der Waals surface area contributed by atoms with Gasteiger partial charge < -0.3 is 10.6 Å². The molecule has 0 bridgehead atoms. The van der Waals surface area contributed by atoms with Crippen molar-refractivity contribution < 1.29 is 12.8 Å². The van der Waals surface area contributed by atoms with Crippen LogP contribution in [-0.4, -0.2) is 40.8 Å². The van der Waals surface area contributed by atoms with E-state index >= 15 is 0 Å². The molecule has 0 aliphatic heterocycles. The smallest absolute Gasteiger partial charge is 0.208 e. The number of sulfonamides is 1. The fraction of sp³-hybridized carbons (Fsp3) is 0.462. The van der Waals surface area contributed by atoms with E-state index in [1.54, 1.807) is 14.0 Å². The predicted octanol–water partition coefficient (Wildman–Crippen LogP) is 1.91. The van der Waals surface area contributed by atoms with E-state index in [9.17, 15) is 12.8 Å². The van der Waals surface area contributed by atoms with Gasteiger partial charge in [-0.3, -0.25) is 4.99 Å². The van der Waals surface area contributed by atoms with Crippen molar-refractivity contribution in [3.63, 3.8) is 0 Å². The molecule has 0 aromatic heterocycles. The van der Waals surface area contributed by atoms with Crippen LogP contribution in [0.5, 0.6) is 0 Å². The van der Waals surface area contributed by atoms with Gasteiger partial charge in [-0.1, -0.05) is 23.2 Å². The number of guanidine groups is 1. The molecule has 6 nitrogen and oxygen atoms in total. The van der Waals surface area contributed by atoms with Crippen LogP contribution in [0.4, 0.5) is 4.39 Å². The Morgan fingerprint density at radius 3 is 2.52 bits per heavy atom. The minimum Gasteiger partial charge on any atom is -0.355 e. The Hall–Kier alpha value is -1.09. The number of rotatable bonds is 6. The number of hydrogen-bond acceptors (Lipinski definition) is 3. The standard InChI is InChI=1S/C13H19Cl2FN4O2S/c1-8(9-6-12(16)11(15)7-10(9)14)20-13(17-2)18-4-5-19-23(3,21)22/h6-8,19H,4-5H2,1-3H3,(H2,17,18,20). The predicted molar refractivity (Wildman–Crippen MR) is 92.2 cm³/mol. The van der Waals surface area contributed by atoms with Gasteiger partial charge in [0.1, 0.15) is 5.82 Å². The number of halogens is 3. The average Bonchev–Trinajstić information content (AvgIpc) is 2.44. The molecule has 0 spiro atoms. The molecule has 0 aliphatic rings. The van der Waals surface area contributed by atoms with E-state index in [0.717, 1.165) is 6.26 Å². The summed E-state index contributed by atoms with van der Waals surface area (Å²) in [7, 11) is -1.67. The maximum Gasteiger partial charge on any atom is 0.208 e. The number of nitrogens with zero attached hydrogens (tertiary/aromatic N) is 1. The zero-order chi connectivity index (χ0) is 17.6. The molecule has 23 heavy (non-hydrogen) atoms. The van der Waals surface area contributed by atoms with Gasteiger partial charge in [0.2, 0.25) is 10.0 Å². The lowest BCUT2D eigenvalue weighted by molar-refractivity contribution is 0.586. The van der Waals surface area contributed by atoms with E-state index in [2.05, 4.69) is 20.3 Å². The summed E-state index contributed by atoms with van der Waals surface area (Å²) >= 11 is 11.7. The van der Waals surface area contributed by atoms with E-state index in [0.29, 0.717) is 23.1 Å². The maximum atomic E-state index is 13.6. The monoisotopic (exact) mass is 384 g/mol. The maximum absolute atomic E-state index is 13.6. The van der Waals surface area contributed by atoms with Crippen molar-refractivity contribution in [3.05, 3.63) is 33.6 Å². The lowest BCUT2D eigenvalue weighted by Crippen LogP contribution is -2.42. The summed E-state index contributed by atoms with van der Waals surface area (Å²) in [5, 5.41) is 6.27. The Labute approximate surface area is 145 Å². The molecule has 10 heteroatoms. The molecule has 1 rings (SSSR count). The molecule has 0 heterocycles. The summed E-state index contributed by atoms with van der Waals surface area (Å²) in [6, 6.07) is 2.28. The quantitative estimate of drug-likeness (QED) is 0.302. The largest absolute Gasteiger partial charge is 0.355 e. The molecule has 1 aromatic carbocycles. The lowest BCUT2D eigenvalue weighted by atomic mass is 10.1. The van der Waals surface area contributed by atoms with Crippen LogP contribution in [0.2, 0.25) is 10.0 Å². The van der Waals surface area contributed by atoms with Gasteiger partial charge in [0.05, 0.1) is 17.3 Å². The summed E-state index contributed by atoms with van der Waals surface area (Å²) in [4.78, 5) is 4.01. The molecule has 0 amide bonds. The first kappa shape index (κ1) is 20.0. The van der Waals surface area contributed by atoms with Gasteiger partial charge in [-0.2, -0.15) is 0 Å². The van der Waals surface area contributed by atoms with Crippen LogP contribution in [0.15, 0.2) is 17.1 Å². The molecule has 0 saturated heterocycles. The van der Waals surface area contributed by atoms with Crippen LogP contribution in [0, 0.1) is 5.82 Å². The highest BCUT2D eigenvalue weighted by molar-refractivity contribution is 7.88. The molecular formula is C13H19Cl2FN4O2S. The highest BCUT2D eigenvalue weighted by Gasteiger charge is 2.14. The second-order valence-electron chi connectivity index (χ2n) is 4.82. The van der Waals surface area contributed by atoms with Crippen LogP contribution in [0.1, 0.15) is 18.5 Å². The third kappa shape index (κ3) is 6.90. The van der Waals surface area contributed by atoms with Crippen LogP contribution in [-0.2, 0) is 10.0 Å². The van der Waals surface area contributed by atoms with Crippen molar-refractivity contribution in [1.29, 1.82) is 0 Å². The summed E-state index contributed by atoms with van der Waals surface area (Å²) in [6.07, 6.45) is 1.08. The van der Waals surface area contributed by atoms with Crippen molar-refractivity contribution in [3.8, 4) is 0 Å². The zero-order valence-electron chi connectivity index (χ0n) is 13.0. The van der Waals surface area contributed by atoms with Gasteiger partial charge in [-0.25, -0.2) is 17.5 Å². The Kier molecular flexibility index (Phi) is 7.53. The number of benzene rings is 1. The van der Waals surface area contributed by atoms with Gasteiger partial charge in [-0.15, -0.1) is 0 Å². The summed E-state index contributed by atoms with van der Waals surface area (Å²) < 4.78 is 37.8. The Balaban J connectivity index is 2.64. The average molecular weight is 385 g/mol. The van der Waals surface area contributed by atoms with E-state index in [4.69, 9.17) is 23.2 Å². The Bertz CT molecular complexity index is 683. The summed E-state index contributed by atoms with van der Waals surface area (Å²) in [5.41, 5.74) is 0.533. The first-order valence-corrected chi connectivity index (χ1v) is 9.35. The van der Waals surface area contributed by atoms with Gasteiger partial charge in [0, 0.05) is 25.2 Å². The van der Waals surface area contributed by atoms with E-state index < -0.39 is 15.8 Å². The first-order chi connectivity index (χ1) is 10.6. The van der Waals surface area contributed by atoms with Crippen molar-refractivity contribution in [2.45, 2.75) is 13.0 Å². The third-order valence-electron chi connectivity index (χ3n) is 2.86. The fourth-order valence-electron chi connectivity index (χ4n) is 1.76. The minimum atomic E-state index is -3.23. The highest BCUT2D eigenvalue weighted by Crippen LogP contribution is 2.28. The molecule has 1 aromatic rings. The molecule has 1 atom stereocenters. The highest BCUT2D eigenvalue weighted by atomic mass is 35.5. The second-order valence-corrected chi connectivity index (χ2v) is 7.47.